The van der Waals surface area contributed by atoms with E-state index in [4.69, 9.17) is 5.11 Å². The first-order chi connectivity index (χ1) is 9.54. The summed E-state index contributed by atoms with van der Waals surface area (Å²) in [5.41, 5.74) is 0.696. The van der Waals surface area contributed by atoms with Crippen LogP contribution in [0.5, 0.6) is 0 Å². The van der Waals surface area contributed by atoms with E-state index < -0.39 is 5.82 Å². The van der Waals surface area contributed by atoms with E-state index >= 15 is 0 Å². The van der Waals surface area contributed by atoms with E-state index in [9.17, 15) is 9.18 Å². The maximum absolute atomic E-state index is 13.3. The van der Waals surface area contributed by atoms with E-state index in [1.165, 1.54) is 18.2 Å². The van der Waals surface area contributed by atoms with E-state index in [1.54, 1.807) is 11.9 Å². The molecule has 0 radical (unpaired) electrons. The number of hydrogen-bond acceptors (Lipinski definition) is 2. The topological polar surface area (TPSA) is 40.5 Å². The van der Waals surface area contributed by atoms with Crippen LogP contribution in [0.3, 0.4) is 0 Å². The van der Waals surface area contributed by atoms with E-state index in [2.05, 4.69) is 11.8 Å². The molecule has 0 saturated heterocycles. The van der Waals surface area contributed by atoms with Gasteiger partial charge in [-0.1, -0.05) is 11.8 Å². The molecule has 0 aliphatic heterocycles. The molecule has 0 aromatic heterocycles. The molecule has 1 N–H and O–H groups in total. The number of aliphatic hydroxyl groups is 1. The molecule has 1 aliphatic carbocycles. The lowest BCUT2D eigenvalue weighted by atomic mass is 10.0. The third-order valence-electron chi connectivity index (χ3n) is 3.75. The second-order valence-electron chi connectivity index (χ2n) is 5.14. The van der Waals surface area contributed by atoms with Crippen molar-refractivity contribution in [2.24, 2.45) is 5.92 Å². The van der Waals surface area contributed by atoms with Gasteiger partial charge in [-0.2, -0.15) is 0 Å². The Labute approximate surface area is 118 Å². The maximum Gasteiger partial charge on any atom is 0.255 e. The highest BCUT2D eigenvalue weighted by molar-refractivity contribution is 5.96. The minimum atomic E-state index is -0.443. The molecule has 4 heteroatoms. The summed E-state index contributed by atoms with van der Waals surface area (Å²) in [5.74, 6) is 5.06. The SMILES string of the molecule is CC(C1CC1)N(C)C(=O)c1ccc(F)cc1C#CCO. The molecule has 1 aliphatic rings. The lowest BCUT2D eigenvalue weighted by Crippen LogP contribution is -2.36. The van der Waals surface area contributed by atoms with Crippen LogP contribution in [0, 0.1) is 23.6 Å². The van der Waals surface area contributed by atoms with Crippen LogP contribution >= 0.6 is 0 Å². The lowest BCUT2D eigenvalue weighted by Gasteiger charge is -2.25. The maximum atomic E-state index is 13.3. The first-order valence-corrected chi connectivity index (χ1v) is 6.71. The molecular formula is C16H18FNO2. The fourth-order valence-electron chi connectivity index (χ4n) is 2.21. The van der Waals surface area contributed by atoms with E-state index in [0.29, 0.717) is 17.0 Å². The summed E-state index contributed by atoms with van der Waals surface area (Å²) < 4.78 is 13.3. The van der Waals surface area contributed by atoms with Crippen molar-refractivity contribution in [2.45, 2.75) is 25.8 Å². The van der Waals surface area contributed by atoms with E-state index in [1.807, 2.05) is 6.92 Å². The van der Waals surface area contributed by atoms with Crippen LogP contribution < -0.4 is 0 Å². The molecule has 0 heterocycles. The van der Waals surface area contributed by atoms with Crippen molar-refractivity contribution in [3.8, 4) is 11.8 Å². The van der Waals surface area contributed by atoms with Gasteiger partial charge in [0.15, 0.2) is 0 Å². The molecule has 1 aromatic rings. The Bertz CT molecular complexity index is 570. The molecule has 2 rings (SSSR count). The van der Waals surface area contributed by atoms with Crippen LogP contribution in [0.4, 0.5) is 4.39 Å². The van der Waals surface area contributed by atoms with Crippen LogP contribution in [0.15, 0.2) is 18.2 Å². The number of carbonyl (C=O) groups is 1. The molecule has 1 saturated carbocycles. The Kier molecular flexibility index (Phi) is 4.41. The second-order valence-corrected chi connectivity index (χ2v) is 5.14. The predicted molar refractivity (Wildman–Crippen MR) is 74.6 cm³/mol. The minimum Gasteiger partial charge on any atom is -0.384 e. The normalized spacial score (nSPS) is 15.2. The van der Waals surface area contributed by atoms with Gasteiger partial charge in [-0.15, -0.1) is 0 Å². The first kappa shape index (κ1) is 14.5. The summed E-state index contributed by atoms with van der Waals surface area (Å²) in [4.78, 5) is 14.2. The third-order valence-corrected chi connectivity index (χ3v) is 3.75. The summed E-state index contributed by atoms with van der Waals surface area (Å²) in [6.45, 7) is 1.70. The summed E-state index contributed by atoms with van der Waals surface area (Å²) >= 11 is 0. The largest absolute Gasteiger partial charge is 0.384 e. The van der Waals surface area contributed by atoms with Gasteiger partial charge in [-0.3, -0.25) is 4.79 Å². The molecule has 0 spiro atoms. The third kappa shape index (κ3) is 3.17. The quantitative estimate of drug-likeness (QED) is 0.858. The van der Waals surface area contributed by atoms with Crippen molar-refractivity contribution in [3.63, 3.8) is 0 Å². The highest BCUT2D eigenvalue weighted by atomic mass is 19.1. The Morgan fingerprint density at radius 3 is 2.85 bits per heavy atom. The Balaban J connectivity index is 2.28. The molecule has 1 amide bonds. The van der Waals surface area contributed by atoms with Crippen molar-refractivity contribution in [2.75, 3.05) is 13.7 Å². The van der Waals surface area contributed by atoms with Crippen molar-refractivity contribution in [1.82, 2.24) is 4.90 Å². The molecule has 3 nitrogen and oxygen atoms in total. The van der Waals surface area contributed by atoms with Gasteiger partial charge in [0.25, 0.3) is 5.91 Å². The lowest BCUT2D eigenvalue weighted by molar-refractivity contribution is 0.0727. The zero-order valence-corrected chi connectivity index (χ0v) is 11.7. The highest BCUT2D eigenvalue weighted by Gasteiger charge is 2.33. The average Bonchev–Trinajstić information content (AvgIpc) is 3.27. The molecular weight excluding hydrogens is 257 g/mol. The molecule has 0 bridgehead atoms. The van der Waals surface area contributed by atoms with Gasteiger partial charge in [-0.25, -0.2) is 4.39 Å². The second kappa shape index (κ2) is 6.06. The Morgan fingerprint density at radius 1 is 1.55 bits per heavy atom. The monoisotopic (exact) mass is 275 g/mol. The van der Waals surface area contributed by atoms with Crippen LogP contribution in [0.25, 0.3) is 0 Å². The number of amides is 1. The van der Waals surface area contributed by atoms with Gasteiger partial charge < -0.3 is 10.0 Å². The smallest absolute Gasteiger partial charge is 0.255 e. The number of aliphatic hydroxyl groups excluding tert-OH is 1. The molecule has 1 fully saturated rings. The fourth-order valence-corrected chi connectivity index (χ4v) is 2.21. The molecule has 1 atom stereocenters. The van der Waals surface area contributed by atoms with E-state index in [0.717, 1.165) is 12.8 Å². The molecule has 20 heavy (non-hydrogen) atoms. The number of nitrogens with zero attached hydrogens (tertiary/aromatic N) is 1. The number of hydrogen-bond donors (Lipinski definition) is 1. The van der Waals surface area contributed by atoms with Crippen LogP contribution in [-0.4, -0.2) is 35.6 Å². The van der Waals surface area contributed by atoms with Gasteiger partial charge in [-0.05, 0) is 43.9 Å². The Hall–Kier alpha value is -1.86. The van der Waals surface area contributed by atoms with Crippen LogP contribution in [-0.2, 0) is 0 Å². The first-order valence-electron chi connectivity index (χ1n) is 6.71. The number of rotatable bonds is 3. The van der Waals surface area contributed by atoms with Crippen molar-refractivity contribution in [1.29, 1.82) is 0 Å². The van der Waals surface area contributed by atoms with Gasteiger partial charge in [0, 0.05) is 18.7 Å². The van der Waals surface area contributed by atoms with Gasteiger partial charge in [0.1, 0.15) is 12.4 Å². The predicted octanol–water partition coefficient (Wildman–Crippen LogP) is 2.04. The summed E-state index contributed by atoms with van der Waals surface area (Å²) in [7, 11) is 1.76. The number of carbonyl (C=O) groups excluding carboxylic acids is 1. The van der Waals surface area contributed by atoms with Gasteiger partial charge >= 0.3 is 0 Å². The van der Waals surface area contributed by atoms with Crippen molar-refractivity contribution >= 4 is 5.91 Å². The molecule has 1 unspecified atom stereocenters. The molecule has 106 valence electrons. The van der Waals surface area contributed by atoms with Gasteiger partial charge in [0.2, 0.25) is 0 Å². The highest BCUT2D eigenvalue weighted by Crippen LogP contribution is 2.35. The van der Waals surface area contributed by atoms with E-state index in [-0.39, 0.29) is 18.6 Å². The van der Waals surface area contributed by atoms with Crippen molar-refractivity contribution in [3.05, 3.63) is 35.1 Å². The standard InChI is InChI=1S/C16H18FNO2/c1-11(12-5-6-12)18(2)16(20)15-8-7-14(17)10-13(15)4-3-9-19/h7-8,10-12,19H,5-6,9H2,1-2H3. The summed E-state index contributed by atoms with van der Waals surface area (Å²) in [6.07, 6.45) is 2.30. The summed E-state index contributed by atoms with van der Waals surface area (Å²) in [6, 6.07) is 4.11. The van der Waals surface area contributed by atoms with Crippen LogP contribution in [0.1, 0.15) is 35.7 Å². The fraction of sp³-hybridized carbons (Fsp3) is 0.438. The van der Waals surface area contributed by atoms with Crippen LogP contribution in [0.2, 0.25) is 0 Å². The molecule has 1 aromatic carbocycles. The van der Waals surface area contributed by atoms with Crippen molar-refractivity contribution < 1.29 is 14.3 Å². The Morgan fingerprint density at radius 2 is 2.25 bits per heavy atom. The minimum absolute atomic E-state index is 0.161. The summed E-state index contributed by atoms with van der Waals surface area (Å²) in [5, 5.41) is 8.74. The zero-order valence-electron chi connectivity index (χ0n) is 11.7. The average molecular weight is 275 g/mol. The number of benzene rings is 1. The zero-order chi connectivity index (χ0) is 14.7. The number of halogens is 1. The van der Waals surface area contributed by atoms with Gasteiger partial charge in [0.05, 0.1) is 5.56 Å².